The number of aromatic nitrogens is 2. The molecule has 0 saturated carbocycles. The quantitative estimate of drug-likeness (QED) is 0.267. The van der Waals surface area contributed by atoms with E-state index in [1.165, 1.54) is 16.7 Å². The second kappa shape index (κ2) is 10.2. The molecule has 3 aromatic carbocycles. The number of para-hydroxylation sites is 1. The molecule has 10 heteroatoms. The summed E-state index contributed by atoms with van der Waals surface area (Å²) in [5.41, 5.74) is -0.122. The van der Waals surface area contributed by atoms with Gasteiger partial charge in [0.2, 0.25) is 5.91 Å². The van der Waals surface area contributed by atoms with Crippen LogP contribution in [0.1, 0.15) is 12.5 Å². The first kappa shape index (κ1) is 24.3. The number of ether oxygens (including phenoxy) is 1. The highest BCUT2D eigenvalue weighted by molar-refractivity contribution is 7.99. The van der Waals surface area contributed by atoms with Crippen LogP contribution in [0.4, 0.5) is 18.9 Å². The van der Waals surface area contributed by atoms with Crippen LogP contribution in [0.2, 0.25) is 0 Å². The van der Waals surface area contributed by atoms with E-state index in [1.807, 2.05) is 6.92 Å². The fraction of sp³-hybridized carbons (Fsp3) is 0.160. The van der Waals surface area contributed by atoms with Crippen molar-refractivity contribution in [3.8, 4) is 11.4 Å². The summed E-state index contributed by atoms with van der Waals surface area (Å²) in [6.07, 6.45) is -4.52. The highest BCUT2D eigenvalue weighted by Crippen LogP contribution is 2.31. The van der Waals surface area contributed by atoms with Crippen LogP contribution >= 0.6 is 11.8 Å². The Morgan fingerprint density at radius 1 is 1.06 bits per heavy atom. The van der Waals surface area contributed by atoms with Crippen molar-refractivity contribution >= 4 is 34.3 Å². The first-order chi connectivity index (χ1) is 16.8. The zero-order valence-electron chi connectivity index (χ0n) is 18.5. The number of halogens is 3. The largest absolute Gasteiger partial charge is 0.494 e. The topological polar surface area (TPSA) is 73.2 Å². The molecule has 0 unspecified atom stereocenters. The second-order valence-corrected chi connectivity index (χ2v) is 8.34. The van der Waals surface area contributed by atoms with Crippen molar-refractivity contribution in [2.45, 2.75) is 18.3 Å². The highest BCUT2D eigenvalue weighted by atomic mass is 32.2. The summed E-state index contributed by atoms with van der Waals surface area (Å²) in [5.74, 6) is -0.0550. The lowest BCUT2D eigenvalue weighted by Gasteiger charge is -2.14. The summed E-state index contributed by atoms with van der Waals surface area (Å²) in [6, 6.07) is 18.2. The minimum atomic E-state index is -4.52. The number of benzene rings is 3. The van der Waals surface area contributed by atoms with E-state index in [2.05, 4.69) is 10.3 Å². The molecule has 6 nitrogen and oxygen atoms in total. The predicted octanol–water partition coefficient (Wildman–Crippen LogP) is 5.53. The lowest BCUT2D eigenvalue weighted by atomic mass is 10.2. The van der Waals surface area contributed by atoms with E-state index in [0.29, 0.717) is 28.9 Å². The van der Waals surface area contributed by atoms with Crippen LogP contribution in [0.3, 0.4) is 0 Å². The number of anilines is 1. The molecule has 1 aromatic heterocycles. The van der Waals surface area contributed by atoms with Crippen LogP contribution in [-0.2, 0) is 11.0 Å². The van der Waals surface area contributed by atoms with Crippen molar-refractivity contribution < 1.29 is 22.7 Å². The summed E-state index contributed by atoms with van der Waals surface area (Å²) >= 11 is 1.01. The minimum Gasteiger partial charge on any atom is -0.494 e. The number of fused-ring (bicyclic) bond motifs is 1. The van der Waals surface area contributed by atoms with Gasteiger partial charge in [0.25, 0.3) is 5.56 Å². The first-order valence-corrected chi connectivity index (χ1v) is 11.6. The number of nitrogens with zero attached hydrogens (tertiary/aromatic N) is 2. The number of amides is 1. The smallest absolute Gasteiger partial charge is 0.416 e. The summed E-state index contributed by atoms with van der Waals surface area (Å²) in [6.45, 7) is 2.36. The van der Waals surface area contributed by atoms with Crippen LogP contribution in [0, 0.1) is 0 Å². The number of hydrogen-bond acceptors (Lipinski definition) is 5. The maximum absolute atomic E-state index is 13.3. The van der Waals surface area contributed by atoms with Gasteiger partial charge in [0.15, 0.2) is 5.16 Å². The van der Waals surface area contributed by atoms with Crippen molar-refractivity contribution in [3.63, 3.8) is 0 Å². The number of rotatable bonds is 7. The molecule has 180 valence electrons. The number of alkyl halides is 3. The fourth-order valence-corrected chi connectivity index (χ4v) is 4.21. The molecule has 0 spiro atoms. The maximum Gasteiger partial charge on any atom is 0.416 e. The Balaban J connectivity index is 1.61. The van der Waals surface area contributed by atoms with Crippen molar-refractivity contribution in [2.24, 2.45) is 0 Å². The maximum atomic E-state index is 13.3. The van der Waals surface area contributed by atoms with Gasteiger partial charge >= 0.3 is 6.18 Å². The van der Waals surface area contributed by atoms with Gasteiger partial charge in [-0.2, -0.15) is 13.2 Å². The van der Waals surface area contributed by atoms with Gasteiger partial charge in [-0.25, -0.2) is 4.98 Å². The van der Waals surface area contributed by atoms with Gasteiger partial charge < -0.3 is 10.1 Å². The van der Waals surface area contributed by atoms with E-state index in [0.717, 1.165) is 23.9 Å². The van der Waals surface area contributed by atoms with E-state index in [1.54, 1.807) is 48.5 Å². The summed E-state index contributed by atoms with van der Waals surface area (Å²) in [7, 11) is 0. The van der Waals surface area contributed by atoms with Crippen molar-refractivity contribution in [3.05, 3.63) is 88.7 Å². The van der Waals surface area contributed by atoms with Crippen LogP contribution in [0.25, 0.3) is 16.6 Å². The first-order valence-electron chi connectivity index (χ1n) is 10.6. The molecule has 1 N–H and O–H groups in total. The number of hydrogen-bond donors (Lipinski definition) is 1. The molecule has 0 saturated heterocycles. The molecule has 1 heterocycles. The molecule has 4 aromatic rings. The molecule has 0 atom stereocenters. The normalized spacial score (nSPS) is 11.4. The van der Waals surface area contributed by atoms with E-state index < -0.39 is 17.6 Å². The zero-order chi connectivity index (χ0) is 25.0. The molecule has 0 aliphatic heterocycles. The Morgan fingerprint density at radius 2 is 1.80 bits per heavy atom. The molecular weight excluding hydrogens is 479 g/mol. The molecule has 1 amide bonds. The molecule has 0 fully saturated rings. The van der Waals surface area contributed by atoms with E-state index in [-0.39, 0.29) is 22.2 Å². The average Bonchev–Trinajstić information content (AvgIpc) is 2.83. The number of nitrogens with one attached hydrogen (secondary N) is 1. The number of carbonyl (C=O) groups excluding carboxylic acids is 1. The van der Waals surface area contributed by atoms with Gasteiger partial charge in [0.1, 0.15) is 5.75 Å². The van der Waals surface area contributed by atoms with Gasteiger partial charge in [-0.05, 0) is 61.5 Å². The molecule has 4 rings (SSSR count). The van der Waals surface area contributed by atoms with Crippen LogP contribution in [-0.4, -0.2) is 27.8 Å². The Labute approximate surface area is 202 Å². The lowest BCUT2D eigenvalue weighted by Crippen LogP contribution is -2.23. The fourth-order valence-electron chi connectivity index (χ4n) is 3.40. The molecule has 0 aliphatic rings. The Hall–Kier alpha value is -3.79. The summed E-state index contributed by atoms with van der Waals surface area (Å²) < 4.78 is 45.7. The standard InChI is InChI=1S/C25H20F3N3O3S/c1-2-34-19-12-10-18(11-13-19)31-23(33)20-8-3-4-9-21(20)30-24(31)35-15-22(32)29-17-7-5-6-16(14-17)25(26,27)28/h3-14H,2,15H2,1H3,(H,29,32). The SMILES string of the molecule is CCOc1ccc(-n2c(SCC(=O)Nc3cccc(C(F)(F)F)c3)nc3ccccc3c2=O)cc1. The van der Waals surface area contributed by atoms with Gasteiger partial charge in [-0.1, -0.05) is 30.0 Å². The third-order valence-electron chi connectivity index (χ3n) is 4.96. The van der Waals surface area contributed by atoms with Gasteiger partial charge in [-0.15, -0.1) is 0 Å². The van der Waals surface area contributed by atoms with Crippen molar-refractivity contribution in [1.82, 2.24) is 9.55 Å². The van der Waals surface area contributed by atoms with E-state index in [9.17, 15) is 22.8 Å². The molecule has 35 heavy (non-hydrogen) atoms. The average molecular weight is 500 g/mol. The zero-order valence-corrected chi connectivity index (χ0v) is 19.3. The van der Waals surface area contributed by atoms with Crippen molar-refractivity contribution in [2.75, 3.05) is 17.7 Å². The molecule has 0 bridgehead atoms. The number of carbonyl (C=O) groups is 1. The highest BCUT2D eigenvalue weighted by Gasteiger charge is 2.30. The van der Waals surface area contributed by atoms with Crippen LogP contribution in [0.5, 0.6) is 5.75 Å². The molecule has 0 radical (unpaired) electrons. The summed E-state index contributed by atoms with van der Waals surface area (Å²) in [4.78, 5) is 30.4. The van der Waals surface area contributed by atoms with Crippen LogP contribution < -0.4 is 15.6 Å². The monoisotopic (exact) mass is 499 g/mol. The Bertz CT molecular complexity index is 1420. The van der Waals surface area contributed by atoms with Crippen molar-refractivity contribution in [1.29, 1.82) is 0 Å². The van der Waals surface area contributed by atoms with Crippen LogP contribution in [0.15, 0.2) is 82.7 Å². The molecule has 0 aliphatic carbocycles. The second-order valence-electron chi connectivity index (χ2n) is 7.39. The minimum absolute atomic E-state index is 0.0285. The van der Waals surface area contributed by atoms with Gasteiger partial charge in [0.05, 0.1) is 34.5 Å². The lowest BCUT2D eigenvalue weighted by molar-refractivity contribution is -0.137. The Kier molecular flexibility index (Phi) is 7.11. The Morgan fingerprint density at radius 3 is 2.51 bits per heavy atom. The van der Waals surface area contributed by atoms with Gasteiger partial charge in [-0.3, -0.25) is 14.2 Å². The number of thioether (sulfide) groups is 1. The predicted molar refractivity (Wildman–Crippen MR) is 129 cm³/mol. The third kappa shape index (κ3) is 5.65. The molecular formula is C25H20F3N3O3S. The van der Waals surface area contributed by atoms with E-state index in [4.69, 9.17) is 4.74 Å². The van der Waals surface area contributed by atoms with E-state index >= 15 is 0 Å². The third-order valence-corrected chi connectivity index (χ3v) is 5.90. The summed E-state index contributed by atoms with van der Waals surface area (Å²) in [5, 5.41) is 3.16. The van der Waals surface area contributed by atoms with Gasteiger partial charge in [0, 0.05) is 5.69 Å².